The van der Waals surface area contributed by atoms with E-state index in [9.17, 15) is 10.2 Å². The van der Waals surface area contributed by atoms with Crippen LogP contribution in [0.2, 0.25) is 0 Å². The van der Waals surface area contributed by atoms with Gasteiger partial charge in [-0.1, -0.05) is 18.2 Å². The third-order valence-electron chi connectivity index (χ3n) is 6.07. The Morgan fingerprint density at radius 1 is 1.06 bits per heavy atom. The topological polar surface area (TPSA) is 157 Å². The van der Waals surface area contributed by atoms with E-state index in [1.54, 1.807) is 16.3 Å². The molecule has 5 rings (SSSR count). The number of hydrogen-bond donors (Lipinski definition) is 4. The molecule has 0 unspecified atom stereocenters. The number of thioether (sulfide) groups is 1. The molecule has 1 aromatic carbocycles. The summed E-state index contributed by atoms with van der Waals surface area (Å²) in [5.74, 6) is 1.73. The predicted molar refractivity (Wildman–Crippen MR) is 137 cm³/mol. The molecule has 1 saturated heterocycles. The Labute approximate surface area is 212 Å². The van der Waals surface area contributed by atoms with Crippen LogP contribution in [0.1, 0.15) is 18.2 Å². The van der Waals surface area contributed by atoms with Gasteiger partial charge in [0.05, 0.1) is 12.4 Å². The lowest BCUT2D eigenvalue weighted by Crippen LogP contribution is -2.32. The van der Waals surface area contributed by atoms with Crippen molar-refractivity contribution < 1.29 is 14.9 Å². The molecule has 11 nitrogen and oxygen atoms in total. The van der Waals surface area contributed by atoms with E-state index in [2.05, 4.69) is 48.4 Å². The van der Waals surface area contributed by atoms with Crippen molar-refractivity contribution in [1.82, 2.24) is 34.8 Å². The number of hydrogen-bond acceptors (Lipinski definition) is 11. The second-order valence-corrected chi connectivity index (χ2v) is 9.71. The lowest BCUT2D eigenvalue weighted by molar-refractivity contribution is -0.0289. The van der Waals surface area contributed by atoms with Gasteiger partial charge in [0.15, 0.2) is 17.7 Å². The van der Waals surface area contributed by atoms with E-state index in [0.29, 0.717) is 16.9 Å². The van der Waals surface area contributed by atoms with Crippen molar-refractivity contribution in [3.05, 3.63) is 61.2 Å². The number of aliphatic hydroxyl groups excluding tert-OH is 2. The summed E-state index contributed by atoms with van der Waals surface area (Å²) in [4.78, 5) is 20.5. The molecule has 36 heavy (non-hydrogen) atoms. The van der Waals surface area contributed by atoms with Crippen LogP contribution in [-0.4, -0.2) is 76.1 Å². The molecule has 1 aliphatic rings. The Bertz CT molecular complexity index is 1290. The summed E-state index contributed by atoms with van der Waals surface area (Å²) in [7, 11) is 0. The Kier molecular flexibility index (Phi) is 7.68. The molecule has 0 spiro atoms. The van der Waals surface area contributed by atoms with E-state index in [1.165, 1.54) is 24.5 Å². The van der Waals surface area contributed by atoms with Crippen LogP contribution >= 0.6 is 11.8 Å². The first kappa shape index (κ1) is 24.5. The smallest absolute Gasteiger partial charge is 0.167 e. The summed E-state index contributed by atoms with van der Waals surface area (Å²) in [5, 5.41) is 24.6. The number of aromatic nitrogens is 6. The zero-order chi connectivity index (χ0) is 24.9. The molecular formula is C24H28N8O3S. The summed E-state index contributed by atoms with van der Waals surface area (Å²) in [6.45, 7) is 1.64. The average Bonchev–Trinajstić information content (AvgIpc) is 3.46. The number of fused-ring (bicyclic) bond motifs is 1. The summed E-state index contributed by atoms with van der Waals surface area (Å²) < 4.78 is 7.58. The minimum atomic E-state index is -1.09. The number of nitrogen functional groups attached to an aromatic ring is 1. The van der Waals surface area contributed by atoms with Gasteiger partial charge in [-0.05, 0) is 35.9 Å². The second kappa shape index (κ2) is 11.3. The Balaban J connectivity index is 1.05. The molecule has 188 valence electrons. The Hall–Kier alpha value is -3.16. The van der Waals surface area contributed by atoms with Crippen molar-refractivity contribution >= 4 is 28.7 Å². The van der Waals surface area contributed by atoms with Crippen LogP contribution in [0.4, 0.5) is 5.82 Å². The molecule has 12 heteroatoms. The van der Waals surface area contributed by atoms with Crippen LogP contribution in [0.25, 0.3) is 22.3 Å². The number of anilines is 1. The van der Waals surface area contributed by atoms with Gasteiger partial charge in [-0.15, -0.1) is 0 Å². The third-order valence-corrected chi connectivity index (χ3v) is 7.21. The molecule has 0 radical (unpaired) electrons. The summed E-state index contributed by atoms with van der Waals surface area (Å²) in [5.41, 5.74) is 10.0. The first-order valence-corrected chi connectivity index (χ1v) is 12.8. The summed E-state index contributed by atoms with van der Waals surface area (Å²) in [6, 6.07) is 8.33. The minimum absolute atomic E-state index is 0.256. The van der Waals surface area contributed by atoms with Crippen molar-refractivity contribution in [2.24, 2.45) is 0 Å². The normalized spacial score (nSPS) is 21.8. The molecule has 0 amide bonds. The van der Waals surface area contributed by atoms with E-state index >= 15 is 0 Å². The number of imidazole rings is 1. The van der Waals surface area contributed by atoms with Gasteiger partial charge in [0.25, 0.3) is 0 Å². The van der Waals surface area contributed by atoms with Crippen molar-refractivity contribution in [3.63, 3.8) is 0 Å². The first-order chi connectivity index (χ1) is 17.6. The molecule has 4 atom stereocenters. The second-order valence-electron chi connectivity index (χ2n) is 8.56. The number of rotatable bonds is 10. The van der Waals surface area contributed by atoms with Gasteiger partial charge in [-0.25, -0.2) is 24.9 Å². The zero-order valence-electron chi connectivity index (χ0n) is 19.5. The van der Waals surface area contributed by atoms with Crippen LogP contribution in [0, 0.1) is 0 Å². The fourth-order valence-electron chi connectivity index (χ4n) is 4.19. The number of nitrogens with zero attached hydrogens (tertiary/aromatic N) is 6. The molecule has 0 aliphatic carbocycles. The van der Waals surface area contributed by atoms with Crippen molar-refractivity contribution in [2.45, 2.75) is 37.5 Å². The lowest BCUT2D eigenvalue weighted by atomic mass is 10.1. The van der Waals surface area contributed by atoms with Crippen molar-refractivity contribution in [2.75, 3.05) is 23.8 Å². The van der Waals surface area contributed by atoms with Gasteiger partial charge in [-0.3, -0.25) is 4.57 Å². The van der Waals surface area contributed by atoms with E-state index < -0.39 is 24.5 Å². The van der Waals surface area contributed by atoms with Gasteiger partial charge < -0.3 is 26.0 Å². The van der Waals surface area contributed by atoms with E-state index in [-0.39, 0.29) is 5.82 Å². The number of aliphatic hydroxyl groups is 2. The molecule has 3 aromatic heterocycles. The predicted octanol–water partition coefficient (Wildman–Crippen LogP) is 1.40. The van der Waals surface area contributed by atoms with Gasteiger partial charge in [-0.2, -0.15) is 11.8 Å². The zero-order valence-corrected chi connectivity index (χ0v) is 20.3. The molecule has 4 heterocycles. The standard InChI is InChI=1S/C24H28N8O3S/c25-22-19-23(30-13-29-22)32(14-31-19)24-21(34)20(33)18(35-24)11-36-6-2-5-26-8-15-3-1-4-16(7-15)17-9-27-12-28-10-17/h1,3-4,7,9-10,12-14,18,20-21,24,26,33-34H,2,5-6,8,11H2,(H2,25,29,30)/t18-,20-,21-,24-/m1/s1. The maximum atomic E-state index is 10.6. The largest absolute Gasteiger partial charge is 0.387 e. The third kappa shape index (κ3) is 5.32. The highest BCUT2D eigenvalue weighted by Crippen LogP contribution is 2.33. The molecular weight excluding hydrogens is 480 g/mol. The van der Waals surface area contributed by atoms with Crippen LogP contribution in [0.5, 0.6) is 0 Å². The van der Waals surface area contributed by atoms with E-state index in [4.69, 9.17) is 10.5 Å². The van der Waals surface area contributed by atoms with Gasteiger partial charge in [0, 0.05) is 30.3 Å². The van der Waals surface area contributed by atoms with Crippen molar-refractivity contribution in [1.29, 1.82) is 0 Å². The fourth-order valence-corrected chi connectivity index (χ4v) is 5.22. The highest BCUT2D eigenvalue weighted by Gasteiger charge is 2.44. The SMILES string of the molecule is Nc1ncnc2c1ncn2[C@@H]1O[C@H](CSCCCNCc2cccc(-c3cncnc3)c2)[C@@H](O)[C@H]1O. The minimum Gasteiger partial charge on any atom is -0.387 e. The van der Waals surface area contributed by atoms with Crippen LogP contribution in [0.3, 0.4) is 0 Å². The summed E-state index contributed by atoms with van der Waals surface area (Å²) in [6.07, 6.45) is 5.58. The average molecular weight is 509 g/mol. The van der Waals surface area contributed by atoms with E-state index in [1.807, 2.05) is 18.5 Å². The number of ether oxygens (including phenoxy) is 1. The molecule has 1 fully saturated rings. The Morgan fingerprint density at radius 2 is 1.92 bits per heavy atom. The molecule has 0 bridgehead atoms. The summed E-state index contributed by atoms with van der Waals surface area (Å²) >= 11 is 1.69. The van der Waals surface area contributed by atoms with Gasteiger partial charge in [0.2, 0.25) is 0 Å². The van der Waals surface area contributed by atoms with Gasteiger partial charge in [0.1, 0.15) is 30.4 Å². The highest BCUT2D eigenvalue weighted by molar-refractivity contribution is 7.99. The van der Waals surface area contributed by atoms with Gasteiger partial charge >= 0.3 is 0 Å². The maximum Gasteiger partial charge on any atom is 0.167 e. The highest BCUT2D eigenvalue weighted by atomic mass is 32.2. The van der Waals surface area contributed by atoms with Crippen LogP contribution < -0.4 is 11.1 Å². The van der Waals surface area contributed by atoms with Crippen LogP contribution in [0.15, 0.2) is 55.6 Å². The Morgan fingerprint density at radius 3 is 2.78 bits per heavy atom. The number of nitrogens with two attached hydrogens (primary N) is 1. The lowest BCUT2D eigenvalue weighted by Gasteiger charge is -2.16. The van der Waals surface area contributed by atoms with Crippen molar-refractivity contribution in [3.8, 4) is 11.1 Å². The first-order valence-electron chi connectivity index (χ1n) is 11.7. The maximum absolute atomic E-state index is 10.6. The molecule has 4 aromatic rings. The fraction of sp³-hybridized carbons (Fsp3) is 0.375. The van der Waals surface area contributed by atoms with E-state index in [0.717, 1.165) is 36.4 Å². The van der Waals surface area contributed by atoms with Crippen LogP contribution in [-0.2, 0) is 11.3 Å². The molecule has 1 aliphatic heterocycles. The quantitative estimate of drug-likeness (QED) is 0.230. The number of benzene rings is 1. The molecule has 0 saturated carbocycles. The number of nitrogens with one attached hydrogen (secondary N) is 1. The molecule has 5 N–H and O–H groups in total. The monoisotopic (exact) mass is 508 g/mol.